The zero-order chi connectivity index (χ0) is 13.2. The Morgan fingerprint density at radius 2 is 2.17 bits per heavy atom. The minimum Gasteiger partial charge on any atom is -0.362 e. The molecule has 0 bridgehead atoms. The number of carbonyl (C=O) groups excluding carboxylic acids is 1. The van der Waals surface area contributed by atoms with Crippen LogP contribution in [0, 0.1) is 5.41 Å². The molecule has 0 aromatic heterocycles. The van der Waals surface area contributed by atoms with Gasteiger partial charge in [-0.05, 0) is 19.4 Å². The van der Waals surface area contributed by atoms with Crippen LogP contribution in [0.5, 0.6) is 0 Å². The Kier molecular flexibility index (Phi) is 3.82. The van der Waals surface area contributed by atoms with E-state index < -0.39 is 19.4 Å². The fourth-order valence-corrected chi connectivity index (χ4v) is 2.64. The Bertz CT molecular complexity index is 314. The van der Waals surface area contributed by atoms with E-state index >= 15 is 0 Å². The van der Waals surface area contributed by atoms with Gasteiger partial charge in [-0.25, -0.2) is 0 Å². The SMILES string of the molecule is O=C(COCC(F)(F)F)N1CCC2(CCNC2)C1. The van der Waals surface area contributed by atoms with E-state index in [1.807, 2.05) is 0 Å². The minimum absolute atomic E-state index is 0.139. The van der Waals surface area contributed by atoms with Crippen molar-refractivity contribution >= 4 is 5.91 Å². The third-order valence-corrected chi connectivity index (χ3v) is 3.61. The third-order valence-electron chi connectivity index (χ3n) is 3.61. The Labute approximate surface area is 103 Å². The monoisotopic (exact) mass is 266 g/mol. The average molecular weight is 266 g/mol. The molecule has 0 aromatic carbocycles. The second-order valence-electron chi connectivity index (χ2n) is 5.10. The highest BCUT2D eigenvalue weighted by Crippen LogP contribution is 2.35. The molecule has 2 saturated heterocycles. The smallest absolute Gasteiger partial charge is 0.362 e. The van der Waals surface area contributed by atoms with Crippen LogP contribution in [0.15, 0.2) is 0 Å². The molecule has 0 aliphatic carbocycles. The summed E-state index contributed by atoms with van der Waals surface area (Å²) in [5, 5.41) is 3.26. The van der Waals surface area contributed by atoms with Gasteiger partial charge in [0.05, 0.1) is 0 Å². The summed E-state index contributed by atoms with van der Waals surface area (Å²) in [6.07, 6.45) is -2.42. The lowest BCUT2D eigenvalue weighted by Crippen LogP contribution is -2.36. The molecule has 4 nitrogen and oxygen atoms in total. The van der Waals surface area contributed by atoms with Crippen LogP contribution in [0.4, 0.5) is 13.2 Å². The van der Waals surface area contributed by atoms with Gasteiger partial charge in [0.2, 0.25) is 5.91 Å². The van der Waals surface area contributed by atoms with Crippen molar-refractivity contribution < 1.29 is 22.7 Å². The van der Waals surface area contributed by atoms with E-state index in [0.717, 1.165) is 25.9 Å². The van der Waals surface area contributed by atoms with Gasteiger partial charge >= 0.3 is 6.18 Å². The molecule has 2 rings (SSSR count). The lowest BCUT2D eigenvalue weighted by Gasteiger charge is -2.22. The van der Waals surface area contributed by atoms with Gasteiger partial charge in [-0.15, -0.1) is 0 Å². The second kappa shape index (κ2) is 5.05. The number of amides is 1. The molecule has 1 N–H and O–H groups in total. The molecule has 0 aromatic rings. The molecule has 18 heavy (non-hydrogen) atoms. The van der Waals surface area contributed by atoms with Crippen LogP contribution in [-0.4, -0.2) is 56.4 Å². The molecular formula is C11H17F3N2O2. The van der Waals surface area contributed by atoms with Gasteiger partial charge in [-0.3, -0.25) is 4.79 Å². The van der Waals surface area contributed by atoms with Crippen molar-refractivity contribution in [2.75, 3.05) is 39.4 Å². The Morgan fingerprint density at radius 3 is 2.78 bits per heavy atom. The number of hydrogen-bond donors (Lipinski definition) is 1. The summed E-state index contributed by atoms with van der Waals surface area (Å²) in [5.41, 5.74) is 0.139. The highest BCUT2D eigenvalue weighted by Gasteiger charge is 2.41. The number of hydrogen-bond acceptors (Lipinski definition) is 3. The van der Waals surface area contributed by atoms with E-state index in [9.17, 15) is 18.0 Å². The Balaban J connectivity index is 1.74. The minimum atomic E-state index is -4.37. The highest BCUT2D eigenvalue weighted by molar-refractivity contribution is 5.77. The van der Waals surface area contributed by atoms with Crippen LogP contribution in [0.1, 0.15) is 12.8 Å². The summed E-state index contributed by atoms with van der Waals surface area (Å²) in [4.78, 5) is 13.3. The van der Waals surface area contributed by atoms with Gasteiger partial charge in [0.15, 0.2) is 0 Å². The Hall–Kier alpha value is -0.820. The maximum atomic E-state index is 11.9. The highest BCUT2D eigenvalue weighted by atomic mass is 19.4. The Morgan fingerprint density at radius 1 is 1.39 bits per heavy atom. The number of nitrogens with one attached hydrogen (secondary N) is 1. The number of alkyl halides is 3. The maximum absolute atomic E-state index is 11.9. The first-order valence-electron chi connectivity index (χ1n) is 6.03. The first-order chi connectivity index (χ1) is 8.40. The van der Waals surface area contributed by atoms with E-state index in [-0.39, 0.29) is 11.3 Å². The molecule has 2 aliphatic heterocycles. The largest absolute Gasteiger partial charge is 0.411 e. The average Bonchev–Trinajstić information content (AvgIpc) is 2.88. The van der Waals surface area contributed by atoms with Crippen molar-refractivity contribution in [3.05, 3.63) is 0 Å². The fraction of sp³-hybridized carbons (Fsp3) is 0.909. The molecule has 2 heterocycles. The maximum Gasteiger partial charge on any atom is 0.411 e. The van der Waals surface area contributed by atoms with Crippen molar-refractivity contribution in [3.63, 3.8) is 0 Å². The van der Waals surface area contributed by atoms with Gasteiger partial charge in [0.1, 0.15) is 13.2 Å². The zero-order valence-electron chi connectivity index (χ0n) is 10.1. The summed E-state index contributed by atoms with van der Waals surface area (Å²) in [5.74, 6) is -0.344. The molecule has 0 radical (unpaired) electrons. The van der Waals surface area contributed by atoms with Gasteiger partial charge in [-0.2, -0.15) is 13.2 Å². The summed E-state index contributed by atoms with van der Waals surface area (Å²) in [6, 6.07) is 0. The van der Waals surface area contributed by atoms with Crippen LogP contribution in [0.25, 0.3) is 0 Å². The number of halogens is 3. The molecule has 2 fully saturated rings. The number of rotatable bonds is 3. The lowest BCUT2D eigenvalue weighted by atomic mass is 9.87. The molecule has 1 spiro atoms. The molecule has 2 aliphatic rings. The number of ether oxygens (including phenoxy) is 1. The molecule has 0 saturated carbocycles. The van der Waals surface area contributed by atoms with Crippen molar-refractivity contribution in [1.29, 1.82) is 0 Å². The zero-order valence-corrected chi connectivity index (χ0v) is 10.1. The van der Waals surface area contributed by atoms with Crippen molar-refractivity contribution in [2.45, 2.75) is 19.0 Å². The van der Waals surface area contributed by atoms with Crippen molar-refractivity contribution in [3.8, 4) is 0 Å². The first kappa shape index (κ1) is 13.6. The normalized spacial score (nSPS) is 28.3. The number of carbonyl (C=O) groups is 1. The standard InChI is InChI=1S/C11H17F3N2O2/c12-11(13,14)8-18-5-9(17)16-4-2-10(7-16)1-3-15-6-10/h15H,1-8H2. The van der Waals surface area contributed by atoms with Crippen LogP contribution < -0.4 is 5.32 Å². The molecule has 104 valence electrons. The van der Waals surface area contributed by atoms with Crippen molar-refractivity contribution in [2.24, 2.45) is 5.41 Å². The molecule has 1 amide bonds. The van der Waals surface area contributed by atoms with Gasteiger partial charge < -0.3 is 15.0 Å². The first-order valence-corrected chi connectivity index (χ1v) is 6.03. The van der Waals surface area contributed by atoms with Gasteiger partial charge in [0.25, 0.3) is 0 Å². The quantitative estimate of drug-likeness (QED) is 0.820. The van der Waals surface area contributed by atoms with E-state index in [2.05, 4.69) is 10.1 Å². The summed E-state index contributed by atoms with van der Waals surface area (Å²) < 4.78 is 40.0. The van der Waals surface area contributed by atoms with E-state index in [1.165, 1.54) is 0 Å². The van der Waals surface area contributed by atoms with Crippen LogP contribution in [0.2, 0.25) is 0 Å². The molecule has 1 atom stereocenters. The van der Waals surface area contributed by atoms with Gasteiger partial charge in [-0.1, -0.05) is 0 Å². The number of likely N-dealkylation sites (tertiary alicyclic amines) is 1. The lowest BCUT2D eigenvalue weighted by molar-refractivity contribution is -0.177. The van der Waals surface area contributed by atoms with Crippen LogP contribution in [-0.2, 0) is 9.53 Å². The van der Waals surface area contributed by atoms with Crippen LogP contribution >= 0.6 is 0 Å². The van der Waals surface area contributed by atoms with Crippen molar-refractivity contribution in [1.82, 2.24) is 10.2 Å². The fourth-order valence-electron chi connectivity index (χ4n) is 2.64. The third kappa shape index (κ3) is 3.35. The summed E-state index contributed by atoms with van der Waals surface area (Å²) in [7, 11) is 0. The molecule has 7 heteroatoms. The topological polar surface area (TPSA) is 41.6 Å². The van der Waals surface area contributed by atoms with E-state index in [4.69, 9.17) is 0 Å². The van der Waals surface area contributed by atoms with E-state index in [0.29, 0.717) is 13.1 Å². The second-order valence-corrected chi connectivity index (χ2v) is 5.10. The summed E-state index contributed by atoms with van der Waals surface area (Å²) in [6.45, 7) is 1.25. The van der Waals surface area contributed by atoms with E-state index in [1.54, 1.807) is 4.90 Å². The predicted octanol–water partition coefficient (Wildman–Crippen LogP) is 0.777. The summed E-state index contributed by atoms with van der Waals surface area (Å²) >= 11 is 0. The number of nitrogens with zero attached hydrogens (tertiary/aromatic N) is 1. The predicted molar refractivity (Wildman–Crippen MR) is 58.0 cm³/mol. The van der Waals surface area contributed by atoms with Crippen LogP contribution in [0.3, 0.4) is 0 Å². The molecular weight excluding hydrogens is 249 g/mol. The molecule has 1 unspecified atom stereocenters. The van der Waals surface area contributed by atoms with Gasteiger partial charge in [0, 0.05) is 25.0 Å².